The number of hydrogen-bond acceptors (Lipinski definition) is 5. The molecule has 9 rings (SSSR count). The van der Waals surface area contributed by atoms with Crippen molar-refractivity contribution in [3.8, 4) is 45.3 Å². The van der Waals surface area contributed by atoms with Crippen molar-refractivity contribution in [2.45, 2.75) is 16.1 Å². The van der Waals surface area contributed by atoms with Gasteiger partial charge in [-0.15, -0.1) is 11.8 Å². The summed E-state index contributed by atoms with van der Waals surface area (Å²) in [6.45, 7) is 0. The van der Waals surface area contributed by atoms with E-state index in [1.54, 1.807) is 0 Å². The number of nitrogens with zero attached hydrogens (tertiary/aromatic N) is 3. The first-order valence-corrected chi connectivity index (χ1v) is 15.6. The third-order valence-electron chi connectivity index (χ3n) is 8.48. The first kappa shape index (κ1) is 25.3. The number of fused-ring (bicyclic) bond motifs is 6. The second-order valence-corrected chi connectivity index (χ2v) is 12.4. The molecule has 0 radical (unpaired) electrons. The van der Waals surface area contributed by atoms with E-state index in [1.807, 2.05) is 84.6 Å². The molecule has 0 amide bonds. The number of aromatic nitrogens is 3. The minimum absolute atomic E-state index is 0.416. The summed E-state index contributed by atoms with van der Waals surface area (Å²) < 4.78 is 6.56. The molecule has 5 aromatic carbocycles. The highest BCUT2D eigenvalue weighted by molar-refractivity contribution is 8.00. The predicted molar refractivity (Wildman–Crippen MR) is 180 cm³/mol. The van der Waals surface area contributed by atoms with E-state index in [1.165, 1.54) is 16.0 Å². The van der Waals surface area contributed by atoms with Crippen molar-refractivity contribution >= 4 is 33.7 Å². The van der Waals surface area contributed by atoms with E-state index in [0.717, 1.165) is 44.2 Å². The molecule has 1 aliphatic carbocycles. The Morgan fingerprint density at radius 1 is 0.545 bits per heavy atom. The van der Waals surface area contributed by atoms with Gasteiger partial charge < -0.3 is 4.42 Å². The number of thioether (sulfide) groups is 1. The van der Waals surface area contributed by atoms with Gasteiger partial charge in [0, 0.05) is 49.1 Å². The number of furan rings is 1. The van der Waals surface area contributed by atoms with Crippen molar-refractivity contribution in [3.05, 3.63) is 145 Å². The summed E-state index contributed by atoms with van der Waals surface area (Å²) in [7, 11) is 0. The van der Waals surface area contributed by atoms with E-state index in [0.29, 0.717) is 28.6 Å². The van der Waals surface area contributed by atoms with Gasteiger partial charge in [0.15, 0.2) is 17.5 Å². The molecule has 44 heavy (non-hydrogen) atoms. The van der Waals surface area contributed by atoms with Crippen LogP contribution >= 0.6 is 11.8 Å². The zero-order valence-electron chi connectivity index (χ0n) is 23.6. The van der Waals surface area contributed by atoms with Gasteiger partial charge in [0.2, 0.25) is 0 Å². The summed E-state index contributed by atoms with van der Waals surface area (Å²) in [5.74, 6) is 2.34. The zero-order chi connectivity index (χ0) is 29.0. The highest BCUT2D eigenvalue weighted by Crippen LogP contribution is 2.49. The Balaban J connectivity index is 1.17. The van der Waals surface area contributed by atoms with Crippen molar-refractivity contribution in [2.75, 3.05) is 0 Å². The Morgan fingerprint density at radius 2 is 1.23 bits per heavy atom. The average Bonchev–Trinajstić information content (AvgIpc) is 3.66. The van der Waals surface area contributed by atoms with Gasteiger partial charge in [-0.25, -0.2) is 15.0 Å². The van der Waals surface area contributed by atoms with E-state index in [4.69, 9.17) is 19.4 Å². The van der Waals surface area contributed by atoms with Crippen LogP contribution in [-0.2, 0) is 0 Å². The number of benzene rings is 5. The minimum atomic E-state index is 0.416. The molecule has 5 heteroatoms. The first-order chi connectivity index (χ1) is 21.8. The largest absolute Gasteiger partial charge is 0.455 e. The number of rotatable bonds is 4. The SMILES string of the molecule is C1=CC2Sc3ccc(-c4cccc5c4oc4ccc(-c6nc(-c7ccccc7)nc(-c7ccccc7)n6)cc45)cc3C2C=C1. The maximum absolute atomic E-state index is 6.56. The number of allylic oxidation sites excluding steroid dienone is 3. The Bertz CT molecular complexity index is 2210. The van der Waals surface area contributed by atoms with Crippen LogP contribution in [-0.4, -0.2) is 20.2 Å². The van der Waals surface area contributed by atoms with E-state index >= 15 is 0 Å². The van der Waals surface area contributed by atoms with E-state index in [-0.39, 0.29) is 0 Å². The van der Waals surface area contributed by atoms with E-state index in [2.05, 4.69) is 66.8 Å². The van der Waals surface area contributed by atoms with Crippen LogP contribution in [0, 0.1) is 0 Å². The van der Waals surface area contributed by atoms with Crippen molar-refractivity contribution in [3.63, 3.8) is 0 Å². The van der Waals surface area contributed by atoms with Gasteiger partial charge in [-0.1, -0.05) is 109 Å². The van der Waals surface area contributed by atoms with Crippen LogP contribution in [0.15, 0.2) is 149 Å². The number of hydrogen-bond donors (Lipinski definition) is 0. The third-order valence-corrected chi connectivity index (χ3v) is 9.83. The Morgan fingerprint density at radius 3 is 1.98 bits per heavy atom. The Labute approximate surface area is 258 Å². The van der Waals surface area contributed by atoms with Crippen LogP contribution in [0.4, 0.5) is 0 Å². The van der Waals surface area contributed by atoms with Crippen LogP contribution in [0.2, 0.25) is 0 Å². The Hall–Kier alpha value is -5.26. The van der Waals surface area contributed by atoms with Gasteiger partial charge in [-0.2, -0.15) is 0 Å². The molecule has 1 aliphatic heterocycles. The summed E-state index contributed by atoms with van der Waals surface area (Å²) in [4.78, 5) is 16.1. The maximum Gasteiger partial charge on any atom is 0.164 e. The molecule has 0 bridgehead atoms. The lowest BCUT2D eigenvalue weighted by Gasteiger charge is -2.15. The fraction of sp³-hybridized carbons (Fsp3) is 0.0513. The van der Waals surface area contributed by atoms with Crippen LogP contribution in [0.5, 0.6) is 0 Å². The second-order valence-electron chi connectivity index (χ2n) is 11.2. The summed E-state index contributed by atoms with van der Waals surface area (Å²) in [6.07, 6.45) is 8.96. The smallest absolute Gasteiger partial charge is 0.164 e. The molecule has 3 heterocycles. The van der Waals surface area contributed by atoms with Gasteiger partial charge in [-0.3, -0.25) is 0 Å². The van der Waals surface area contributed by atoms with Crippen molar-refractivity contribution in [1.82, 2.24) is 15.0 Å². The molecule has 2 aromatic heterocycles. The normalized spacial score (nSPS) is 16.8. The minimum Gasteiger partial charge on any atom is -0.455 e. The molecule has 0 saturated carbocycles. The molecule has 208 valence electrons. The van der Waals surface area contributed by atoms with Gasteiger partial charge in [-0.05, 0) is 41.5 Å². The third kappa shape index (κ3) is 4.20. The zero-order valence-corrected chi connectivity index (χ0v) is 24.4. The molecule has 2 aliphatic rings. The second kappa shape index (κ2) is 10.2. The molecule has 0 saturated heterocycles. The molecule has 7 aromatic rings. The van der Waals surface area contributed by atoms with Crippen LogP contribution < -0.4 is 0 Å². The molecule has 0 spiro atoms. The molecule has 2 unspecified atom stereocenters. The maximum atomic E-state index is 6.56. The van der Waals surface area contributed by atoms with Gasteiger partial charge in [0.05, 0.1) is 0 Å². The number of para-hydroxylation sites is 1. The van der Waals surface area contributed by atoms with Gasteiger partial charge in [0.1, 0.15) is 11.2 Å². The topological polar surface area (TPSA) is 51.8 Å². The molecule has 4 nitrogen and oxygen atoms in total. The molecule has 2 atom stereocenters. The average molecular weight is 584 g/mol. The molecule has 0 fully saturated rings. The van der Waals surface area contributed by atoms with Crippen LogP contribution in [0.3, 0.4) is 0 Å². The van der Waals surface area contributed by atoms with E-state index in [9.17, 15) is 0 Å². The monoisotopic (exact) mass is 583 g/mol. The summed E-state index contributed by atoms with van der Waals surface area (Å²) in [5.41, 5.74) is 8.23. The van der Waals surface area contributed by atoms with E-state index < -0.39 is 0 Å². The van der Waals surface area contributed by atoms with Gasteiger partial charge in [0.25, 0.3) is 0 Å². The van der Waals surface area contributed by atoms with Crippen LogP contribution in [0.25, 0.3) is 67.2 Å². The summed E-state index contributed by atoms with van der Waals surface area (Å²) in [6, 6.07) is 39.6. The summed E-state index contributed by atoms with van der Waals surface area (Å²) in [5, 5.41) is 2.60. The fourth-order valence-electron chi connectivity index (χ4n) is 6.31. The Kier molecular flexibility index (Phi) is 5.84. The first-order valence-electron chi connectivity index (χ1n) is 14.8. The molecular formula is C39H25N3OS. The van der Waals surface area contributed by atoms with Crippen molar-refractivity contribution in [1.29, 1.82) is 0 Å². The van der Waals surface area contributed by atoms with Crippen molar-refractivity contribution in [2.24, 2.45) is 0 Å². The standard InChI is InChI=1S/C39H25N3OS/c1-3-10-24(11-4-1)37-40-38(25-12-5-2-6-13-25)42-39(41-37)27-18-20-33-31(23-27)30-16-9-15-28(36(30)43-33)26-19-21-35-32(22-26)29-14-7-8-17-34(29)44-35/h1-23,29,34H. The summed E-state index contributed by atoms with van der Waals surface area (Å²) >= 11 is 1.95. The highest BCUT2D eigenvalue weighted by atomic mass is 32.2. The lowest BCUT2D eigenvalue weighted by molar-refractivity contribution is 0.670. The predicted octanol–water partition coefficient (Wildman–Crippen LogP) is 10.1. The van der Waals surface area contributed by atoms with Gasteiger partial charge >= 0.3 is 0 Å². The lowest BCUT2D eigenvalue weighted by atomic mass is 9.90. The lowest BCUT2D eigenvalue weighted by Crippen LogP contribution is -2.06. The quantitative estimate of drug-likeness (QED) is 0.206. The van der Waals surface area contributed by atoms with Crippen molar-refractivity contribution < 1.29 is 4.42 Å². The molecule has 0 N–H and O–H groups in total. The van der Waals surface area contributed by atoms with Crippen LogP contribution in [0.1, 0.15) is 11.5 Å². The highest BCUT2D eigenvalue weighted by Gasteiger charge is 2.31. The fourth-order valence-corrected chi connectivity index (χ4v) is 7.64. The molecular weight excluding hydrogens is 559 g/mol.